The fourth-order valence-electron chi connectivity index (χ4n) is 3.70. The van der Waals surface area contributed by atoms with Crippen LogP contribution in [0.5, 0.6) is 5.75 Å². The van der Waals surface area contributed by atoms with Gasteiger partial charge in [-0.25, -0.2) is 0 Å². The molecule has 0 saturated carbocycles. The lowest BCUT2D eigenvalue weighted by Crippen LogP contribution is -2.19. The quantitative estimate of drug-likeness (QED) is 0.290. The van der Waals surface area contributed by atoms with Crippen molar-refractivity contribution in [3.8, 4) is 5.75 Å². The molecular formula is C26H31Cl3N4O2. The van der Waals surface area contributed by atoms with Crippen LogP contribution in [0.4, 0.5) is 0 Å². The maximum absolute atomic E-state index is 12.2. The lowest BCUT2D eigenvalue weighted by atomic mass is 10.1. The first-order valence-corrected chi connectivity index (χ1v) is 11.0. The third-order valence-corrected chi connectivity index (χ3v) is 5.47. The molecule has 0 saturated heterocycles. The minimum absolute atomic E-state index is 0. The summed E-state index contributed by atoms with van der Waals surface area (Å²) >= 11 is 0. The molecule has 4 rings (SSSR count). The molecule has 0 radical (unpaired) electrons. The molecule has 0 unspecified atom stereocenters. The number of ether oxygens (including phenoxy) is 1. The maximum Gasteiger partial charge on any atom is 0.254 e. The topological polar surface area (TPSA) is 69.0 Å². The van der Waals surface area contributed by atoms with Gasteiger partial charge in [0.2, 0.25) is 0 Å². The highest BCUT2D eigenvalue weighted by Gasteiger charge is 2.07. The van der Waals surface area contributed by atoms with Crippen LogP contribution in [0.1, 0.15) is 23.2 Å². The number of pyridine rings is 3. The molecule has 0 aliphatic heterocycles. The Morgan fingerprint density at radius 1 is 0.943 bits per heavy atom. The number of nitrogens with one attached hydrogen (secondary N) is 1. The Balaban J connectivity index is 0.00000204. The number of nitrogens with zero attached hydrogens (tertiary/aromatic N) is 3. The third-order valence-electron chi connectivity index (χ3n) is 5.47. The van der Waals surface area contributed by atoms with Crippen LogP contribution in [0.15, 0.2) is 78.0 Å². The van der Waals surface area contributed by atoms with E-state index in [0.717, 1.165) is 48.9 Å². The molecule has 0 amide bonds. The van der Waals surface area contributed by atoms with E-state index < -0.39 is 0 Å². The van der Waals surface area contributed by atoms with Gasteiger partial charge in [0.25, 0.3) is 5.56 Å². The predicted octanol–water partition coefficient (Wildman–Crippen LogP) is 4.94. The van der Waals surface area contributed by atoms with Gasteiger partial charge in [-0.2, -0.15) is 0 Å². The van der Waals surface area contributed by atoms with Crippen molar-refractivity contribution >= 4 is 48.1 Å². The Kier molecular flexibility index (Phi) is 13.3. The fraction of sp³-hybridized carbons (Fsp3) is 0.269. The zero-order chi connectivity index (χ0) is 22.2. The van der Waals surface area contributed by atoms with Gasteiger partial charge in [0, 0.05) is 49.3 Å². The van der Waals surface area contributed by atoms with Crippen LogP contribution in [0.3, 0.4) is 0 Å². The smallest absolute Gasteiger partial charge is 0.254 e. The Hall–Kier alpha value is -2.64. The second kappa shape index (κ2) is 15.4. The van der Waals surface area contributed by atoms with Gasteiger partial charge in [-0.05, 0) is 67.3 Å². The van der Waals surface area contributed by atoms with Gasteiger partial charge in [-0.1, -0.05) is 18.2 Å². The normalized spacial score (nSPS) is 10.1. The Morgan fingerprint density at radius 2 is 1.77 bits per heavy atom. The number of rotatable bonds is 10. The second-order valence-corrected chi connectivity index (χ2v) is 7.82. The van der Waals surface area contributed by atoms with Crippen molar-refractivity contribution in [1.29, 1.82) is 0 Å². The summed E-state index contributed by atoms with van der Waals surface area (Å²) in [6.45, 7) is 2.17. The van der Waals surface area contributed by atoms with E-state index in [1.165, 1.54) is 11.1 Å². The summed E-state index contributed by atoms with van der Waals surface area (Å²) in [7, 11) is 1.78. The van der Waals surface area contributed by atoms with E-state index >= 15 is 0 Å². The zero-order valence-electron chi connectivity index (χ0n) is 19.6. The zero-order valence-corrected chi connectivity index (χ0v) is 22.0. The standard InChI is InChI=1S/C26H28N4O2.3ClH/c1-30-24-8-3-2-7-23(24)25(17-26(30)31)32-15-5-13-28-19-21-11-14-29-22(16-21)10-9-20-6-4-12-27-18-20;;;/h2-4,6-8,11-12,14,16-18,28H,5,9-10,13,15,19H2,1H3;3*1H. The molecule has 35 heavy (non-hydrogen) atoms. The molecule has 0 aliphatic carbocycles. The third kappa shape index (κ3) is 8.51. The summed E-state index contributed by atoms with van der Waals surface area (Å²) in [5.74, 6) is 0.649. The first kappa shape index (κ1) is 30.4. The SMILES string of the molecule is Cl.Cl.Cl.Cn1c(=O)cc(OCCCNCc2ccnc(CCc3cccnc3)c2)c2ccccc21. The van der Waals surface area contributed by atoms with Crippen molar-refractivity contribution in [3.05, 3.63) is 100 Å². The van der Waals surface area contributed by atoms with Gasteiger partial charge < -0.3 is 14.6 Å². The van der Waals surface area contributed by atoms with Gasteiger partial charge in [0.05, 0.1) is 12.1 Å². The first-order chi connectivity index (χ1) is 15.7. The summed E-state index contributed by atoms with van der Waals surface area (Å²) < 4.78 is 7.57. The van der Waals surface area contributed by atoms with Gasteiger partial charge in [-0.3, -0.25) is 14.8 Å². The van der Waals surface area contributed by atoms with Gasteiger partial charge in [-0.15, -0.1) is 37.2 Å². The molecule has 1 aromatic carbocycles. The lowest BCUT2D eigenvalue weighted by molar-refractivity contribution is 0.311. The molecule has 3 aromatic heterocycles. The predicted molar refractivity (Wildman–Crippen MR) is 149 cm³/mol. The van der Waals surface area contributed by atoms with Crippen molar-refractivity contribution < 1.29 is 4.74 Å². The van der Waals surface area contributed by atoms with Crippen LogP contribution in [0.2, 0.25) is 0 Å². The van der Waals surface area contributed by atoms with Gasteiger partial charge in [0.15, 0.2) is 0 Å². The molecule has 188 valence electrons. The minimum atomic E-state index is -0.0613. The summed E-state index contributed by atoms with van der Waals surface area (Å²) in [4.78, 5) is 20.8. The molecule has 0 fully saturated rings. The van der Waals surface area contributed by atoms with E-state index in [1.807, 2.05) is 48.8 Å². The number of aryl methyl sites for hydroxylation is 3. The number of aromatic nitrogens is 3. The number of hydrogen-bond donors (Lipinski definition) is 1. The molecule has 0 bridgehead atoms. The summed E-state index contributed by atoms with van der Waals surface area (Å²) in [5, 5.41) is 4.42. The molecule has 0 atom stereocenters. The van der Waals surface area contributed by atoms with Crippen LogP contribution in [-0.4, -0.2) is 27.7 Å². The van der Waals surface area contributed by atoms with Crippen molar-refractivity contribution in [2.45, 2.75) is 25.8 Å². The van der Waals surface area contributed by atoms with Crippen LogP contribution in [-0.2, 0) is 26.4 Å². The fourth-order valence-corrected chi connectivity index (χ4v) is 3.70. The van der Waals surface area contributed by atoms with Crippen molar-refractivity contribution in [2.24, 2.45) is 7.05 Å². The molecule has 6 nitrogen and oxygen atoms in total. The number of hydrogen-bond acceptors (Lipinski definition) is 5. The van der Waals surface area contributed by atoms with Crippen molar-refractivity contribution in [2.75, 3.05) is 13.2 Å². The van der Waals surface area contributed by atoms with Crippen LogP contribution in [0.25, 0.3) is 10.9 Å². The van der Waals surface area contributed by atoms with Gasteiger partial charge in [0.1, 0.15) is 5.75 Å². The Morgan fingerprint density at radius 3 is 2.57 bits per heavy atom. The number of benzene rings is 1. The number of para-hydroxylation sites is 1. The number of halogens is 3. The lowest BCUT2D eigenvalue weighted by Gasteiger charge is -2.12. The molecule has 1 N–H and O–H groups in total. The molecular weight excluding hydrogens is 507 g/mol. The van der Waals surface area contributed by atoms with Crippen LogP contribution >= 0.6 is 37.2 Å². The summed E-state index contributed by atoms with van der Waals surface area (Å²) in [6, 6.07) is 17.6. The summed E-state index contributed by atoms with van der Waals surface area (Å²) in [5.41, 5.74) is 4.36. The molecule has 9 heteroatoms. The maximum atomic E-state index is 12.2. The average Bonchev–Trinajstić information content (AvgIpc) is 2.84. The van der Waals surface area contributed by atoms with Crippen molar-refractivity contribution in [1.82, 2.24) is 19.9 Å². The molecule has 0 aliphatic rings. The highest BCUT2D eigenvalue weighted by molar-refractivity contribution is 5.86. The van der Waals surface area contributed by atoms with Crippen LogP contribution in [0, 0.1) is 0 Å². The molecule has 4 aromatic rings. The highest BCUT2D eigenvalue weighted by Crippen LogP contribution is 2.23. The highest BCUT2D eigenvalue weighted by atomic mass is 35.5. The van der Waals surface area contributed by atoms with Gasteiger partial charge >= 0.3 is 0 Å². The number of fused-ring (bicyclic) bond motifs is 1. The monoisotopic (exact) mass is 536 g/mol. The van der Waals surface area contributed by atoms with Crippen molar-refractivity contribution in [3.63, 3.8) is 0 Å². The average molecular weight is 538 g/mol. The van der Waals surface area contributed by atoms with E-state index in [0.29, 0.717) is 12.4 Å². The summed E-state index contributed by atoms with van der Waals surface area (Å²) in [6.07, 6.45) is 8.26. The Labute approximate surface area is 224 Å². The molecule has 0 spiro atoms. The van der Waals surface area contributed by atoms with E-state index in [9.17, 15) is 4.79 Å². The molecule has 3 heterocycles. The van der Waals surface area contributed by atoms with E-state index in [1.54, 1.807) is 23.9 Å². The Bertz CT molecular complexity index is 1240. The van der Waals surface area contributed by atoms with E-state index in [2.05, 4.69) is 27.4 Å². The second-order valence-electron chi connectivity index (χ2n) is 7.82. The minimum Gasteiger partial charge on any atom is -0.493 e. The largest absolute Gasteiger partial charge is 0.493 e. The van der Waals surface area contributed by atoms with Crippen LogP contribution < -0.4 is 15.6 Å². The van der Waals surface area contributed by atoms with E-state index in [4.69, 9.17) is 4.74 Å². The van der Waals surface area contributed by atoms with E-state index in [-0.39, 0.29) is 42.8 Å². The first-order valence-electron chi connectivity index (χ1n) is 11.0.